The molecule has 1 heterocycles. The van der Waals surface area contributed by atoms with Crippen molar-refractivity contribution < 1.29 is 9.13 Å². The number of nitrogens with one attached hydrogen (secondary N) is 1. The van der Waals surface area contributed by atoms with Crippen LogP contribution in [-0.4, -0.2) is 11.6 Å². The second-order valence-electron chi connectivity index (χ2n) is 3.89. The number of pyridine rings is 1. The fraction of sp³-hybridized carbons (Fsp3) is 0.154. The van der Waals surface area contributed by atoms with E-state index in [9.17, 15) is 4.39 Å². The maximum Gasteiger partial charge on any atom is 0.167 e. The Kier molecular flexibility index (Phi) is 4.52. The molecule has 0 radical (unpaired) electrons. The summed E-state index contributed by atoms with van der Waals surface area (Å²) in [6.07, 6.45) is 0. The van der Waals surface area contributed by atoms with Crippen LogP contribution in [0.4, 0.5) is 21.7 Å². The molecule has 0 aliphatic carbocycles. The maximum atomic E-state index is 13.7. The summed E-state index contributed by atoms with van der Waals surface area (Å²) in [5.74, 6) is 0.157. The minimum absolute atomic E-state index is 0.143. The van der Waals surface area contributed by atoms with E-state index in [0.717, 1.165) is 0 Å². The van der Waals surface area contributed by atoms with Crippen LogP contribution < -0.4 is 15.8 Å². The Morgan fingerprint density at radius 2 is 2.05 bits per heavy atom. The summed E-state index contributed by atoms with van der Waals surface area (Å²) in [5, 5.41) is 3.43. The third-order valence-corrected chi connectivity index (χ3v) is 3.04. The van der Waals surface area contributed by atoms with E-state index in [2.05, 4.69) is 10.3 Å². The van der Waals surface area contributed by atoms with Gasteiger partial charge in [-0.15, -0.1) is 0 Å². The molecular formula is C13H12Cl2FN3O. The van der Waals surface area contributed by atoms with Crippen LogP contribution >= 0.6 is 23.2 Å². The molecular weight excluding hydrogens is 304 g/mol. The molecule has 1 aromatic carbocycles. The van der Waals surface area contributed by atoms with Crippen LogP contribution in [0.2, 0.25) is 10.0 Å². The molecule has 2 rings (SSSR count). The molecule has 0 spiro atoms. The average Bonchev–Trinajstić information content (AvgIpc) is 2.39. The van der Waals surface area contributed by atoms with Crippen LogP contribution in [0.3, 0.4) is 0 Å². The van der Waals surface area contributed by atoms with Gasteiger partial charge in [-0.1, -0.05) is 23.2 Å². The molecule has 0 fully saturated rings. The number of nitrogen functional groups attached to an aromatic ring is 1. The quantitative estimate of drug-likeness (QED) is 0.885. The summed E-state index contributed by atoms with van der Waals surface area (Å²) in [7, 11) is 0. The van der Waals surface area contributed by atoms with Crippen molar-refractivity contribution in [1.29, 1.82) is 0 Å². The molecule has 1 aromatic heterocycles. The molecule has 7 heteroatoms. The Bertz CT molecular complexity index is 637. The van der Waals surface area contributed by atoms with E-state index >= 15 is 0 Å². The van der Waals surface area contributed by atoms with Gasteiger partial charge in [-0.3, -0.25) is 0 Å². The van der Waals surface area contributed by atoms with Gasteiger partial charge in [-0.25, -0.2) is 9.37 Å². The van der Waals surface area contributed by atoms with E-state index in [1.54, 1.807) is 13.0 Å². The Balaban J connectivity index is 2.26. The van der Waals surface area contributed by atoms with Crippen molar-refractivity contribution in [2.24, 2.45) is 0 Å². The number of anilines is 3. The molecule has 106 valence electrons. The fourth-order valence-electron chi connectivity index (χ4n) is 1.56. The Morgan fingerprint density at radius 1 is 1.30 bits per heavy atom. The molecule has 2 aromatic rings. The Labute approximate surface area is 125 Å². The van der Waals surface area contributed by atoms with Crippen molar-refractivity contribution in [2.75, 3.05) is 17.7 Å². The van der Waals surface area contributed by atoms with Gasteiger partial charge in [0.1, 0.15) is 5.82 Å². The zero-order valence-corrected chi connectivity index (χ0v) is 12.1. The fourth-order valence-corrected chi connectivity index (χ4v) is 1.96. The predicted molar refractivity (Wildman–Crippen MR) is 79.5 cm³/mol. The molecule has 4 nitrogen and oxygen atoms in total. The number of nitrogens with zero attached hydrogens (tertiary/aromatic N) is 1. The molecule has 0 amide bonds. The molecule has 20 heavy (non-hydrogen) atoms. The lowest BCUT2D eigenvalue weighted by molar-refractivity contribution is 0.321. The Hall–Kier alpha value is -1.72. The summed E-state index contributed by atoms with van der Waals surface area (Å²) in [4.78, 5) is 4.01. The van der Waals surface area contributed by atoms with Crippen LogP contribution in [0.15, 0.2) is 24.3 Å². The second kappa shape index (κ2) is 6.15. The molecule has 0 atom stereocenters. The van der Waals surface area contributed by atoms with Crippen LogP contribution in [0.25, 0.3) is 0 Å². The third kappa shape index (κ3) is 3.23. The molecule has 3 N–H and O–H groups in total. The van der Waals surface area contributed by atoms with Crippen LogP contribution in [-0.2, 0) is 0 Å². The number of halogens is 3. The highest BCUT2D eigenvalue weighted by Gasteiger charge is 2.09. The van der Waals surface area contributed by atoms with Crippen molar-refractivity contribution in [3.8, 4) is 5.75 Å². The lowest BCUT2D eigenvalue weighted by atomic mass is 10.3. The minimum Gasteiger partial charge on any atom is -0.491 e. The number of nitrogens with two attached hydrogens (primary N) is 1. The smallest absolute Gasteiger partial charge is 0.167 e. The highest BCUT2D eigenvalue weighted by Crippen LogP contribution is 2.30. The summed E-state index contributed by atoms with van der Waals surface area (Å²) in [6, 6.07) is 5.93. The normalized spacial score (nSPS) is 10.4. The van der Waals surface area contributed by atoms with Crippen molar-refractivity contribution in [3.05, 3.63) is 40.1 Å². The van der Waals surface area contributed by atoms with Crippen molar-refractivity contribution >= 4 is 40.5 Å². The van der Waals surface area contributed by atoms with E-state index < -0.39 is 5.82 Å². The summed E-state index contributed by atoms with van der Waals surface area (Å²) in [6.45, 7) is 2.18. The lowest BCUT2D eigenvalue weighted by Crippen LogP contribution is -2.00. The first kappa shape index (κ1) is 14.7. The van der Waals surface area contributed by atoms with E-state index in [1.165, 1.54) is 18.2 Å². The maximum absolute atomic E-state index is 13.7. The standard InChI is InChI=1S/C13H12Cl2FN3O/c1-2-20-11-4-3-7(5-10(11)16)18-13-9(15)6-8(14)12(17)19-13/h3-6H,2H2,1H3,(H3,17,18,19). The van der Waals surface area contributed by atoms with Crippen molar-refractivity contribution in [1.82, 2.24) is 4.98 Å². The zero-order valence-electron chi connectivity index (χ0n) is 10.6. The monoisotopic (exact) mass is 315 g/mol. The molecule has 0 saturated carbocycles. The predicted octanol–water partition coefficient (Wildman–Crippen LogP) is 4.25. The number of hydrogen-bond acceptors (Lipinski definition) is 4. The number of rotatable bonds is 4. The van der Waals surface area contributed by atoms with Crippen molar-refractivity contribution in [3.63, 3.8) is 0 Å². The highest BCUT2D eigenvalue weighted by atomic mass is 35.5. The first-order chi connectivity index (χ1) is 9.51. The van der Waals surface area contributed by atoms with Gasteiger partial charge in [0, 0.05) is 11.8 Å². The van der Waals surface area contributed by atoms with Gasteiger partial charge in [-0.2, -0.15) is 0 Å². The van der Waals surface area contributed by atoms with E-state index in [-0.39, 0.29) is 16.6 Å². The lowest BCUT2D eigenvalue weighted by Gasteiger charge is -2.11. The highest BCUT2D eigenvalue weighted by molar-refractivity contribution is 6.37. The number of aromatic nitrogens is 1. The number of ether oxygens (including phenoxy) is 1. The number of benzene rings is 1. The summed E-state index contributed by atoms with van der Waals surface area (Å²) >= 11 is 11.8. The zero-order chi connectivity index (χ0) is 14.7. The molecule has 0 bridgehead atoms. The van der Waals surface area contributed by atoms with Gasteiger partial charge in [0.15, 0.2) is 17.4 Å². The van der Waals surface area contributed by atoms with Gasteiger partial charge in [0.25, 0.3) is 0 Å². The molecule has 0 aliphatic rings. The van der Waals surface area contributed by atoms with Crippen molar-refractivity contribution in [2.45, 2.75) is 6.92 Å². The Morgan fingerprint density at radius 3 is 2.70 bits per heavy atom. The van der Waals surface area contributed by atoms with Gasteiger partial charge in [0.05, 0.1) is 16.7 Å². The minimum atomic E-state index is -0.477. The van der Waals surface area contributed by atoms with Gasteiger partial charge in [0.2, 0.25) is 0 Å². The first-order valence-electron chi connectivity index (χ1n) is 5.82. The summed E-state index contributed by atoms with van der Waals surface area (Å²) in [5.41, 5.74) is 6.08. The van der Waals surface area contributed by atoms with Gasteiger partial charge in [-0.05, 0) is 25.1 Å². The van der Waals surface area contributed by atoms with E-state index in [4.69, 9.17) is 33.7 Å². The largest absolute Gasteiger partial charge is 0.491 e. The average molecular weight is 316 g/mol. The van der Waals surface area contributed by atoms with E-state index in [1.807, 2.05) is 0 Å². The topological polar surface area (TPSA) is 60.2 Å². The SMILES string of the molecule is CCOc1ccc(Nc2nc(N)c(Cl)cc2Cl)cc1F. The van der Waals surface area contributed by atoms with Gasteiger partial charge < -0.3 is 15.8 Å². The molecule has 0 aliphatic heterocycles. The van der Waals surface area contributed by atoms with E-state index in [0.29, 0.717) is 23.1 Å². The second-order valence-corrected chi connectivity index (χ2v) is 4.70. The molecule has 0 unspecified atom stereocenters. The summed E-state index contributed by atoms with van der Waals surface area (Å²) < 4.78 is 18.8. The van der Waals surface area contributed by atoms with Crippen LogP contribution in [0.1, 0.15) is 6.92 Å². The first-order valence-corrected chi connectivity index (χ1v) is 6.57. The van der Waals surface area contributed by atoms with Crippen LogP contribution in [0, 0.1) is 5.82 Å². The van der Waals surface area contributed by atoms with Crippen LogP contribution in [0.5, 0.6) is 5.75 Å². The van der Waals surface area contributed by atoms with Gasteiger partial charge >= 0.3 is 0 Å². The molecule has 0 saturated heterocycles. The number of hydrogen-bond donors (Lipinski definition) is 2. The third-order valence-electron chi connectivity index (χ3n) is 2.45.